The Morgan fingerprint density at radius 2 is 2.47 bits per heavy atom. The van der Waals surface area contributed by atoms with Gasteiger partial charge < -0.3 is 14.6 Å². The summed E-state index contributed by atoms with van der Waals surface area (Å²) in [6.07, 6.45) is 0. The molecule has 0 aliphatic carbocycles. The molecule has 1 amide bonds. The third-order valence-electron chi connectivity index (χ3n) is 2.55. The van der Waals surface area contributed by atoms with Crippen molar-refractivity contribution in [2.75, 3.05) is 19.6 Å². The molecule has 0 spiro atoms. The minimum atomic E-state index is -0.0871. The smallest absolute Gasteiger partial charge is 0.289 e. The Morgan fingerprint density at radius 3 is 3.07 bits per heavy atom. The van der Waals surface area contributed by atoms with E-state index >= 15 is 0 Å². The second-order valence-corrected chi connectivity index (χ2v) is 4.03. The van der Waals surface area contributed by atoms with Gasteiger partial charge in [0, 0.05) is 25.7 Å². The molecule has 0 aromatic carbocycles. The summed E-state index contributed by atoms with van der Waals surface area (Å²) in [5.41, 5.74) is 0. The van der Waals surface area contributed by atoms with Crippen LogP contribution >= 0.6 is 11.6 Å². The van der Waals surface area contributed by atoms with Gasteiger partial charge in [0.1, 0.15) is 0 Å². The van der Waals surface area contributed by atoms with Crippen molar-refractivity contribution in [1.82, 2.24) is 10.2 Å². The molecule has 1 aliphatic rings. The van der Waals surface area contributed by atoms with Gasteiger partial charge in [-0.1, -0.05) is 0 Å². The van der Waals surface area contributed by atoms with Gasteiger partial charge in [-0.05, 0) is 30.7 Å². The predicted molar refractivity (Wildman–Crippen MR) is 57.1 cm³/mol. The lowest BCUT2D eigenvalue weighted by molar-refractivity contribution is 0.0623. The summed E-state index contributed by atoms with van der Waals surface area (Å²) in [5.74, 6) is 0.227. The quantitative estimate of drug-likeness (QED) is 0.790. The average Bonchev–Trinajstić information content (AvgIpc) is 2.65. The number of carbonyl (C=O) groups excluding carboxylic acids is 1. The molecule has 1 atom stereocenters. The molecule has 1 aromatic heterocycles. The molecule has 4 nitrogen and oxygen atoms in total. The topological polar surface area (TPSA) is 45.5 Å². The summed E-state index contributed by atoms with van der Waals surface area (Å²) in [7, 11) is 0. The highest BCUT2D eigenvalue weighted by atomic mass is 35.5. The largest absolute Gasteiger partial charge is 0.440 e. The van der Waals surface area contributed by atoms with Gasteiger partial charge in [-0.2, -0.15) is 0 Å². The van der Waals surface area contributed by atoms with Crippen LogP contribution < -0.4 is 5.32 Å². The Labute approximate surface area is 93.2 Å². The molecule has 15 heavy (non-hydrogen) atoms. The number of hydrogen-bond donors (Lipinski definition) is 1. The SMILES string of the molecule is C[C@H]1CNCCN1C(=O)c1ccc(Cl)o1. The van der Waals surface area contributed by atoms with E-state index in [-0.39, 0.29) is 17.2 Å². The second kappa shape index (κ2) is 4.24. The summed E-state index contributed by atoms with van der Waals surface area (Å²) in [5, 5.41) is 3.48. The molecular formula is C10H13ClN2O2. The minimum Gasteiger partial charge on any atom is -0.440 e. The van der Waals surface area contributed by atoms with Crippen molar-refractivity contribution in [3.05, 3.63) is 23.1 Å². The first-order valence-corrected chi connectivity index (χ1v) is 5.33. The standard InChI is InChI=1S/C10H13ClN2O2/c1-7-6-12-4-5-13(7)10(14)8-2-3-9(11)15-8/h2-3,7,12H,4-6H2,1H3/t7-/m0/s1. The lowest BCUT2D eigenvalue weighted by Crippen LogP contribution is -2.52. The molecule has 2 rings (SSSR count). The van der Waals surface area contributed by atoms with Gasteiger partial charge in [0.05, 0.1) is 0 Å². The van der Waals surface area contributed by atoms with Crippen LogP contribution in [-0.2, 0) is 0 Å². The third kappa shape index (κ3) is 2.16. The van der Waals surface area contributed by atoms with Gasteiger partial charge in [-0.3, -0.25) is 4.79 Å². The van der Waals surface area contributed by atoms with Crippen molar-refractivity contribution in [2.24, 2.45) is 0 Å². The van der Waals surface area contributed by atoms with E-state index < -0.39 is 0 Å². The Kier molecular flexibility index (Phi) is 2.98. The van der Waals surface area contributed by atoms with E-state index in [1.165, 1.54) is 0 Å². The maximum Gasteiger partial charge on any atom is 0.289 e. The third-order valence-corrected chi connectivity index (χ3v) is 2.75. The minimum absolute atomic E-state index is 0.0871. The zero-order chi connectivity index (χ0) is 10.8. The van der Waals surface area contributed by atoms with Gasteiger partial charge in [0.15, 0.2) is 11.0 Å². The molecule has 0 saturated carbocycles. The number of hydrogen-bond acceptors (Lipinski definition) is 3. The van der Waals surface area contributed by atoms with Crippen molar-refractivity contribution in [3.8, 4) is 0 Å². The first kappa shape index (κ1) is 10.5. The fourth-order valence-electron chi connectivity index (χ4n) is 1.71. The van der Waals surface area contributed by atoms with Crippen molar-refractivity contribution >= 4 is 17.5 Å². The highest BCUT2D eigenvalue weighted by Gasteiger charge is 2.25. The van der Waals surface area contributed by atoms with Crippen LogP contribution in [0, 0.1) is 0 Å². The molecule has 1 aliphatic heterocycles. The molecule has 2 heterocycles. The molecule has 0 bridgehead atoms. The van der Waals surface area contributed by atoms with Crippen LogP contribution in [0.3, 0.4) is 0 Å². The zero-order valence-corrected chi connectivity index (χ0v) is 9.25. The highest BCUT2D eigenvalue weighted by Crippen LogP contribution is 2.16. The van der Waals surface area contributed by atoms with Crippen LogP contribution in [0.15, 0.2) is 16.5 Å². The number of halogens is 1. The fourth-order valence-corrected chi connectivity index (χ4v) is 1.86. The van der Waals surface area contributed by atoms with Crippen molar-refractivity contribution < 1.29 is 9.21 Å². The van der Waals surface area contributed by atoms with Crippen LogP contribution in [-0.4, -0.2) is 36.5 Å². The summed E-state index contributed by atoms with van der Waals surface area (Å²) in [4.78, 5) is 13.8. The maximum absolute atomic E-state index is 12.0. The van der Waals surface area contributed by atoms with Crippen molar-refractivity contribution in [3.63, 3.8) is 0 Å². The molecule has 1 fully saturated rings. The number of nitrogens with zero attached hydrogens (tertiary/aromatic N) is 1. The molecule has 82 valence electrons. The summed E-state index contributed by atoms with van der Waals surface area (Å²) in [6.45, 7) is 4.36. The van der Waals surface area contributed by atoms with Crippen molar-refractivity contribution in [1.29, 1.82) is 0 Å². The number of nitrogens with one attached hydrogen (secondary N) is 1. The fraction of sp³-hybridized carbons (Fsp3) is 0.500. The lowest BCUT2D eigenvalue weighted by atomic mass is 10.2. The zero-order valence-electron chi connectivity index (χ0n) is 8.50. The number of rotatable bonds is 1. The first-order chi connectivity index (χ1) is 7.18. The molecule has 1 saturated heterocycles. The van der Waals surface area contributed by atoms with Gasteiger partial charge in [0.25, 0.3) is 5.91 Å². The predicted octanol–water partition coefficient (Wildman–Crippen LogP) is 1.37. The van der Waals surface area contributed by atoms with Crippen LogP contribution in [0.4, 0.5) is 0 Å². The Morgan fingerprint density at radius 1 is 1.67 bits per heavy atom. The van der Waals surface area contributed by atoms with E-state index in [1.807, 2.05) is 6.92 Å². The molecule has 0 radical (unpaired) electrons. The van der Waals surface area contributed by atoms with Gasteiger partial charge in [-0.25, -0.2) is 0 Å². The number of piperazine rings is 1. The Bertz CT molecular complexity index is 364. The van der Waals surface area contributed by atoms with E-state index in [0.717, 1.165) is 13.1 Å². The average molecular weight is 229 g/mol. The second-order valence-electron chi connectivity index (χ2n) is 3.66. The van der Waals surface area contributed by atoms with Crippen LogP contribution in [0.5, 0.6) is 0 Å². The van der Waals surface area contributed by atoms with E-state index in [4.69, 9.17) is 16.0 Å². The van der Waals surface area contributed by atoms with Crippen LogP contribution in [0.25, 0.3) is 0 Å². The normalized spacial score (nSPS) is 21.7. The van der Waals surface area contributed by atoms with E-state index in [9.17, 15) is 4.79 Å². The summed E-state index contributed by atoms with van der Waals surface area (Å²) < 4.78 is 5.10. The first-order valence-electron chi connectivity index (χ1n) is 4.95. The van der Waals surface area contributed by atoms with Gasteiger partial charge in [-0.15, -0.1) is 0 Å². The van der Waals surface area contributed by atoms with E-state index in [1.54, 1.807) is 17.0 Å². The van der Waals surface area contributed by atoms with Gasteiger partial charge >= 0.3 is 0 Å². The van der Waals surface area contributed by atoms with Gasteiger partial charge in [0.2, 0.25) is 0 Å². The van der Waals surface area contributed by atoms with Crippen LogP contribution in [0.1, 0.15) is 17.5 Å². The molecule has 5 heteroatoms. The number of amides is 1. The number of carbonyl (C=O) groups is 1. The van der Waals surface area contributed by atoms with E-state index in [0.29, 0.717) is 12.3 Å². The Hall–Kier alpha value is -1.00. The molecular weight excluding hydrogens is 216 g/mol. The highest BCUT2D eigenvalue weighted by molar-refractivity contribution is 6.29. The van der Waals surface area contributed by atoms with Crippen molar-refractivity contribution in [2.45, 2.75) is 13.0 Å². The molecule has 1 aromatic rings. The number of furan rings is 1. The molecule has 1 N–H and O–H groups in total. The lowest BCUT2D eigenvalue weighted by Gasteiger charge is -2.33. The van der Waals surface area contributed by atoms with E-state index in [2.05, 4.69) is 5.32 Å². The summed E-state index contributed by atoms with van der Waals surface area (Å²) >= 11 is 5.63. The monoisotopic (exact) mass is 228 g/mol. The Balaban J connectivity index is 2.13. The molecule has 0 unspecified atom stereocenters. The summed E-state index contributed by atoms with van der Waals surface area (Å²) in [6, 6.07) is 3.39. The maximum atomic E-state index is 12.0. The van der Waals surface area contributed by atoms with Crippen LogP contribution in [0.2, 0.25) is 5.22 Å².